The van der Waals surface area contributed by atoms with E-state index in [4.69, 9.17) is 19.7 Å². The zero-order chi connectivity index (χ0) is 10.1. The number of rotatable bonds is 2. The number of hydrogen-bond donors (Lipinski definition) is 2. The Balaban J connectivity index is 2.65. The molecule has 1 aliphatic heterocycles. The van der Waals surface area contributed by atoms with E-state index in [1.807, 2.05) is 0 Å². The van der Waals surface area contributed by atoms with Gasteiger partial charge in [-0.2, -0.15) is 0 Å². The van der Waals surface area contributed by atoms with Crippen LogP contribution >= 0.6 is 0 Å². The minimum Gasteiger partial charge on any atom is -0.479 e. The van der Waals surface area contributed by atoms with Gasteiger partial charge in [-0.05, 0) is 13.8 Å². The molecule has 76 valence electrons. The van der Waals surface area contributed by atoms with Gasteiger partial charge in [0.25, 0.3) is 0 Å². The molecule has 13 heavy (non-hydrogen) atoms. The predicted octanol–water partition coefficient (Wildman–Crippen LogP) is -0.0265. The number of carboxylic acids is 1. The first-order chi connectivity index (χ1) is 5.94. The minimum absolute atomic E-state index is 0.184. The van der Waals surface area contributed by atoms with E-state index in [1.165, 1.54) is 0 Å². The lowest BCUT2D eigenvalue weighted by molar-refractivity contribution is -0.301. The summed E-state index contributed by atoms with van der Waals surface area (Å²) in [5.74, 6) is -1.95. The van der Waals surface area contributed by atoms with Crippen LogP contribution in [-0.4, -0.2) is 40.8 Å². The number of aliphatic hydroxyl groups is 1. The van der Waals surface area contributed by atoms with E-state index in [2.05, 4.69) is 0 Å². The molecule has 5 nitrogen and oxygen atoms in total. The van der Waals surface area contributed by atoms with Crippen LogP contribution in [0.15, 0.2) is 0 Å². The molecule has 1 rings (SSSR count). The lowest BCUT2D eigenvalue weighted by atomic mass is 10.1. The molecule has 0 spiro atoms. The Morgan fingerprint density at radius 3 is 2.62 bits per heavy atom. The second-order valence-corrected chi connectivity index (χ2v) is 3.50. The Hall–Kier alpha value is -0.650. The average molecular weight is 190 g/mol. The summed E-state index contributed by atoms with van der Waals surface area (Å²) in [5.41, 5.74) is 0. The van der Waals surface area contributed by atoms with Gasteiger partial charge in [-0.3, -0.25) is 0 Å². The first kappa shape index (κ1) is 10.4. The van der Waals surface area contributed by atoms with Gasteiger partial charge in [0, 0.05) is 6.42 Å². The van der Waals surface area contributed by atoms with Gasteiger partial charge in [0.2, 0.25) is 0 Å². The van der Waals surface area contributed by atoms with Crippen LogP contribution in [0, 0.1) is 0 Å². The Morgan fingerprint density at radius 2 is 2.15 bits per heavy atom. The first-order valence-corrected chi connectivity index (χ1v) is 4.14. The van der Waals surface area contributed by atoms with Crippen molar-refractivity contribution in [3.63, 3.8) is 0 Å². The van der Waals surface area contributed by atoms with E-state index in [0.29, 0.717) is 0 Å². The topological polar surface area (TPSA) is 76.0 Å². The van der Waals surface area contributed by atoms with Gasteiger partial charge < -0.3 is 19.7 Å². The van der Waals surface area contributed by atoms with Crippen molar-refractivity contribution in [2.75, 3.05) is 6.61 Å². The van der Waals surface area contributed by atoms with Crippen molar-refractivity contribution in [1.82, 2.24) is 0 Å². The molecule has 0 amide bonds. The number of ether oxygens (including phenoxy) is 2. The minimum atomic E-state index is -1.02. The molecule has 1 heterocycles. The highest BCUT2D eigenvalue weighted by atomic mass is 16.7. The zero-order valence-electron chi connectivity index (χ0n) is 7.69. The van der Waals surface area contributed by atoms with Crippen LogP contribution in [0.1, 0.15) is 20.3 Å². The van der Waals surface area contributed by atoms with E-state index in [9.17, 15) is 4.79 Å². The summed E-state index contributed by atoms with van der Waals surface area (Å²) in [4.78, 5) is 10.6. The standard InChI is InChI=1S/C8H14O5/c1-8(2)12-5(4-9)3-6(13-8)7(10)11/h5-6,9H,3-4H2,1-2H3,(H,10,11)/t5-,6+/m0/s1. The maximum absolute atomic E-state index is 10.6. The fraction of sp³-hybridized carbons (Fsp3) is 0.875. The number of aliphatic carboxylic acids is 1. The lowest BCUT2D eigenvalue weighted by Gasteiger charge is -2.38. The molecule has 0 aromatic rings. The maximum Gasteiger partial charge on any atom is 0.333 e. The molecule has 1 fully saturated rings. The van der Waals surface area contributed by atoms with Crippen molar-refractivity contribution >= 4 is 5.97 Å². The molecule has 0 aromatic carbocycles. The second kappa shape index (κ2) is 3.61. The van der Waals surface area contributed by atoms with Crippen molar-refractivity contribution in [2.24, 2.45) is 0 Å². The van der Waals surface area contributed by atoms with Crippen LogP contribution in [0.3, 0.4) is 0 Å². The predicted molar refractivity (Wildman–Crippen MR) is 43.2 cm³/mol. The molecule has 0 radical (unpaired) electrons. The van der Waals surface area contributed by atoms with Crippen molar-refractivity contribution in [3.8, 4) is 0 Å². The van der Waals surface area contributed by atoms with Crippen LogP contribution in [0.2, 0.25) is 0 Å². The molecule has 0 unspecified atom stereocenters. The molecule has 1 aliphatic rings. The van der Waals surface area contributed by atoms with E-state index in [1.54, 1.807) is 13.8 Å². The van der Waals surface area contributed by atoms with Gasteiger partial charge in [-0.25, -0.2) is 4.79 Å². The van der Waals surface area contributed by atoms with Gasteiger partial charge in [-0.15, -0.1) is 0 Å². The first-order valence-electron chi connectivity index (χ1n) is 4.14. The fourth-order valence-electron chi connectivity index (χ4n) is 1.37. The van der Waals surface area contributed by atoms with Gasteiger partial charge in [0.15, 0.2) is 11.9 Å². The van der Waals surface area contributed by atoms with E-state index < -0.39 is 24.0 Å². The molecule has 2 N–H and O–H groups in total. The summed E-state index contributed by atoms with van der Waals surface area (Å²) in [6, 6.07) is 0. The third kappa shape index (κ3) is 2.65. The molecule has 0 aliphatic carbocycles. The number of aliphatic hydroxyl groups excluding tert-OH is 1. The van der Waals surface area contributed by atoms with Crippen LogP contribution in [0.4, 0.5) is 0 Å². The summed E-state index contributed by atoms with van der Waals surface area (Å²) in [6.45, 7) is 3.08. The number of carboxylic acid groups (broad SMARTS) is 1. The Kier molecular flexibility index (Phi) is 2.90. The monoisotopic (exact) mass is 190 g/mol. The van der Waals surface area contributed by atoms with E-state index in [0.717, 1.165) is 0 Å². The Labute approximate surface area is 76.3 Å². The highest BCUT2D eigenvalue weighted by Gasteiger charge is 2.38. The summed E-state index contributed by atoms with van der Waals surface area (Å²) in [5, 5.41) is 17.6. The smallest absolute Gasteiger partial charge is 0.333 e. The van der Waals surface area contributed by atoms with Crippen molar-refractivity contribution in [3.05, 3.63) is 0 Å². The SMILES string of the molecule is CC1(C)O[C@H](CO)C[C@H](C(=O)O)O1. The van der Waals surface area contributed by atoms with Gasteiger partial charge in [-0.1, -0.05) is 0 Å². The summed E-state index contributed by atoms with van der Waals surface area (Å²) < 4.78 is 10.4. The fourth-order valence-corrected chi connectivity index (χ4v) is 1.37. The quantitative estimate of drug-likeness (QED) is 0.639. The maximum atomic E-state index is 10.6. The number of hydrogen-bond acceptors (Lipinski definition) is 4. The largest absolute Gasteiger partial charge is 0.479 e. The summed E-state index contributed by atoms with van der Waals surface area (Å²) >= 11 is 0. The summed E-state index contributed by atoms with van der Waals surface area (Å²) in [6.07, 6.45) is -1.15. The van der Waals surface area contributed by atoms with Crippen molar-refractivity contribution in [1.29, 1.82) is 0 Å². The Morgan fingerprint density at radius 1 is 1.54 bits per heavy atom. The van der Waals surface area contributed by atoms with Crippen LogP contribution in [0.5, 0.6) is 0 Å². The van der Waals surface area contributed by atoms with Crippen molar-refractivity contribution < 1.29 is 24.5 Å². The molecule has 2 atom stereocenters. The highest BCUT2D eigenvalue weighted by molar-refractivity contribution is 5.72. The normalized spacial score (nSPS) is 32.8. The molecule has 0 aromatic heterocycles. The highest BCUT2D eigenvalue weighted by Crippen LogP contribution is 2.26. The molecule has 0 saturated carbocycles. The lowest BCUT2D eigenvalue weighted by Crippen LogP contribution is -2.48. The zero-order valence-corrected chi connectivity index (χ0v) is 7.69. The third-order valence-corrected chi connectivity index (χ3v) is 1.83. The molecule has 1 saturated heterocycles. The molecular weight excluding hydrogens is 176 g/mol. The second-order valence-electron chi connectivity index (χ2n) is 3.50. The number of carbonyl (C=O) groups is 1. The van der Waals surface area contributed by atoms with Crippen molar-refractivity contribution in [2.45, 2.75) is 38.3 Å². The van der Waals surface area contributed by atoms with Crippen LogP contribution in [-0.2, 0) is 14.3 Å². The molecule has 5 heteroatoms. The third-order valence-electron chi connectivity index (χ3n) is 1.83. The van der Waals surface area contributed by atoms with Crippen LogP contribution in [0.25, 0.3) is 0 Å². The Bertz CT molecular complexity index is 201. The van der Waals surface area contributed by atoms with Gasteiger partial charge in [0.05, 0.1) is 12.7 Å². The average Bonchev–Trinajstić information content (AvgIpc) is 2.01. The molecular formula is C8H14O5. The van der Waals surface area contributed by atoms with E-state index in [-0.39, 0.29) is 13.0 Å². The summed E-state index contributed by atoms with van der Waals surface area (Å²) in [7, 11) is 0. The van der Waals surface area contributed by atoms with Gasteiger partial charge in [0.1, 0.15) is 0 Å². The van der Waals surface area contributed by atoms with E-state index >= 15 is 0 Å². The van der Waals surface area contributed by atoms with Crippen LogP contribution < -0.4 is 0 Å². The molecule has 0 bridgehead atoms. The van der Waals surface area contributed by atoms with Gasteiger partial charge >= 0.3 is 5.97 Å².